The Morgan fingerprint density at radius 2 is 1.33 bits per heavy atom. The topological polar surface area (TPSA) is 218 Å². The number of benzene rings is 1. The molecule has 1 heterocycles. The third kappa shape index (κ3) is 13.8. The van der Waals surface area contributed by atoms with Gasteiger partial charge in [0.25, 0.3) is 0 Å². The second-order valence-electron chi connectivity index (χ2n) is 12.3. The molecule has 252 valence electrons. The monoisotopic (exact) mass is 652 g/mol. The predicted octanol–water partition coefficient (Wildman–Crippen LogP) is -0.126. The van der Waals surface area contributed by atoms with Crippen LogP contribution in [0.15, 0.2) is 30.3 Å². The molecule has 0 spiro atoms. The van der Waals surface area contributed by atoms with E-state index in [1.165, 1.54) is 6.92 Å². The second-order valence-corrected chi connectivity index (χ2v) is 13.5. The first-order valence-electron chi connectivity index (χ1n) is 15.0. The first kappa shape index (κ1) is 38.0. The molecule has 1 aromatic carbocycles. The molecule has 0 saturated carbocycles. The highest BCUT2D eigenvalue weighted by Crippen LogP contribution is 2.30. The van der Waals surface area contributed by atoms with E-state index in [-0.39, 0.29) is 37.7 Å². The molecule has 14 nitrogen and oxygen atoms in total. The van der Waals surface area contributed by atoms with Crippen LogP contribution < -0.4 is 31.1 Å². The van der Waals surface area contributed by atoms with Crippen LogP contribution in [-0.2, 0) is 44.2 Å². The number of carbonyl (C=O) groups excluding carboxylic acids is 5. The molecular formula is C30H45N4O10P-2. The summed E-state index contributed by atoms with van der Waals surface area (Å²) in [6, 6.07) is 4.39. The Morgan fingerprint density at radius 1 is 0.844 bits per heavy atom. The molecule has 0 aromatic heterocycles. The molecule has 0 unspecified atom stereocenters. The number of carbonyl (C=O) groups is 5. The van der Waals surface area contributed by atoms with E-state index in [2.05, 4.69) is 25.8 Å². The molecule has 1 aliphatic rings. The summed E-state index contributed by atoms with van der Waals surface area (Å²) in [6.45, 7) is 9.26. The first-order chi connectivity index (χ1) is 20.9. The summed E-state index contributed by atoms with van der Waals surface area (Å²) in [5, 5.41) is 10.1. The summed E-state index contributed by atoms with van der Waals surface area (Å²) in [5.74, 6) is -3.45. The van der Waals surface area contributed by atoms with Crippen LogP contribution in [0.2, 0.25) is 0 Å². The van der Waals surface area contributed by atoms with Gasteiger partial charge in [-0.05, 0) is 50.0 Å². The summed E-state index contributed by atoms with van der Waals surface area (Å²) >= 11 is 0. The number of rotatable bonds is 19. The number of phosphoric acid groups is 1. The van der Waals surface area contributed by atoms with Crippen molar-refractivity contribution in [1.82, 2.24) is 21.3 Å². The number of aryl methyl sites for hydroxylation is 1. The maximum atomic E-state index is 13.5. The number of nitrogens with one attached hydrogen (secondary N) is 4. The van der Waals surface area contributed by atoms with Crippen LogP contribution in [0.4, 0.5) is 0 Å². The minimum absolute atomic E-state index is 0.0292. The summed E-state index contributed by atoms with van der Waals surface area (Å²) in [4.78, 5) is 87.5. The molecule has 5 atom stereocenters. The van der Waals surface area contributed by atoms with Crippen LogP contribution in [0.25, 0.3) is 0 Å². The van der Waals surface area contributed by atoms with E-state index in [0.29, 0.717) is 6.42 Å². The summed E-state index contributed by atoms with van der Waals surface area (Å²) in [7, 11) is -5.55. The summed E-state index contributed by atoms with van der Waals surface area (Å²) in [5.41, 5.74) is -0.129. The van der Waals surface area contributed by atoms with Crippen LogP contribution in [0.3, 0.4) is 0 Å². The number of phosphoric ester groups is 1. The van der Waals surface area contributed by atoms with Crippen LogP contribution in [0.5, 0.6) is 0 Å². The fraction of sp³-hybridized carbons (Fsp3) is 0.633. The number of ether oxygens (including phenoxy) is 1. The number of epoxide rings is 1. The van der Waals surface area contributed by atoms with Crippen molar-refractivity contribution in [3.8, 4) is 0 Å². The average Bonchev–Trinajstić information content (AvgIpc) is 3.69. The van der Waals surface area contributed by atoms with E-state index in [1.54, 1.807) is 20.8 Å². The summed E-state index contributed by atoms with van der Waals surface area (Å²) < 4.78 is 20.8. The lowest BCUT2D eigenvalue weighted by Crippen LogP contribution is -2.59. The van der Waals surface area contributed by atoms with Crippen LogP contribution >= 0.6 is 7.82 Å². The minimum atomic E-state index is -5.55. The van der Waals surface area contributed by atoms with Crippen LogP contribution in [0, 0.1) is 11.8 Å². The molecule has 0 aliphatic carbocycles. The zero-order chi connectivity index (χ0) is 33.9. The van der Waals surface area contributed by atoms with Gasteiger partial charge in [0.15, 0.2) is 5.78 Å². The molecule has 4 amide bonds. The number of hydrogen-bond donors (Lipinski definition) is 4. The van der Waals surface area contributed by atoms with Crippen molar-refractivity contribution < 1.29 is 47.6 Å². The lowest BCUT2D eigenvalue weighted by Gasteiger charge is -2.32. The Morgan fingerprint density at radius 3 is 1.84 bits per heavy atom. The third-order valence-electron chi connectivity index (χ3n) is 7.07. The Kier molecular flexibility index (Phi) is 14.3. The molecule has 0 bridgehead atoms. The highest BCUT2D eigenvalue weighted by atomic mass is 31.2. The molecule has 2 rings (SSSR count). The van der Waals surface area contributed by atoms with E-state index >= 15 is 0 Å². The van der Waals surface area contributed by atoms with Crippen molar-refractivity contribution in [1.29, 1.82) is 0 Å². The highest BCUT2D eigenvalue weighted by molar-refractivity contribution is 7.43. The normalized spacial score (nSPS) is 18.8. The lowest BCUT2D eigenvalue weighted by atomic mass is 9.93. The van der Waals surface area contributed by atoms with Crippen LogP contribution in [0.1, 0.15) is 66.4 Å². The van der Waals surface area contributed by atoms with Crippen LogP contribution in [-0.4, -0.2) is 72.4 Å². The zero-order valence-corrected chi connectivity index (χ0v) is 27.5. The number of hydrogen-bond acceptors (Lipinski definition) is 10. The van der Waals surface area contributed by atoms with Gasteiger partial charge < -0.3 is 44.9 Å². The maximum Gasteiger partial charge on any atom is 0.245 e. The zero-order valence-electron chi connectivity index (χ0n) is 26.6. The Hall–Kier alpha value is -3.16. The minimum Gasteiger partial charge on any atom is -0.790 e. The van der Waals surface area contributed by atoms with Gasteiger partial charge in [0, 0.05) is 6.92 Å². The van der Waals surface area contributed by atoms with Crippen molar-refractivity contribution >= 4 is 37.2 Å². The predicted molar refractivity (Wildman–Crippen MR) is 160 cm³/mol. The molecule has 1 saturated heterocycles. The third-order valence-corrected chi connectivity index (χ3v) is 7.53. The Bertz CT molecular complexity index is 1230. The van der Waals surface area contributed by atoms with Gasteiger partial charge in [0.05, 0.1) is 27.1 Å². The highest BCUT2D eigenvalue weighted by Gasteiger charge is 2.50. The van der Waals surface area contributed by atoms with E-state index in [1.807, 2.05) is 44.2 Å². The van der Waals surface area contributed by atoms with Crippen molar-refractivity contribution in [2.45, 2.75) is 97.0 Å². The van der Waals surface area contributed by atoms with Gasteiger partial charge in [-0.1, -0.05) is 58.0 Å². The van der Waals surface area contributed by atoms with Gasteiger partial charge >= 0.3 is 0 Å². The molecular weight excluding hydrogens is 607 g/mol. The Labute approximate surface area is 264 Å². The molecule has 1 aliphatic heterocycles. The number of ketones is 1. The van der Waals surface area contributed by atoms with Gasteiger partial charge in [-0.25, -0.2) is 0 Å². The van der Waals surface area contributed by atoms with Gasteiger partial charge in [-0.2, -0.15) is 0 Å². The van der Waals surface area contributed by atoms with Gasteiger partial charge in [-0.15, -0.1) is 0 Å². The van der Waals surface area contributed by atoms with E-state index in [9.17, 15) is 38.3 Å². The fourth-order valence-electron chi connectivity index (χ4n) is 4.66. The lowest BCUT2D eigenvalue weighted by molar-refractivity contribution is -0.341. The largest absolute Gasteiger partial charge is 0.790 e. The SMILES string of the molecule is CC(=O)N[C@@H](CCc1ccccc1)C(=O)N[C@@H](CC(C)C)C(=O)N[C@@H](COP(=O)([O-])[O-])C(=O)N[C@@H](CC(C)C)C(=O)[C@@]1(C)CO1. The van der Waals surface area contributed by atoms with E-state index in [4.69, 9.17) is 4.74 Å². The van der Waals surface area contributed by atoms with E-state index in [0.717, 1.165) is 5.56 Å². The smallest absolute Gasteiger partial charge is 0.245 e. The second kappa shape index (κ2) is 17.0. The molecule has 15 heteroatoms. The fourth-order valence-corrected chi connectivity index (χ4v) is 4.99. The standard InChI is InChI=1S/C30H47N4O10P/c1-18(2)14-23(26(36)30(6)17-43-30)32-29(39)25(16-44-45(40,41)42)34-28(38)24(15-19(3)4)33-27(37)22(31-20(5)35)13-12-21-10-8-7-9-11-21/h7-11,18-19,22-25H,12-17H2,1-6H3,(H,31,35)(H,32,39)(H,33,37)(H,34,38)(H2,40,41,42)/p-2/t22-,23-,24-,25-,30+/m0/s1. The van der Waals surface area contributed by atoms with E-state index < -0.39 is 73.6 Å². The average molecular weight is 653 g/mol. The maximum absolute atomic E-state index is 13.5. The number of Topliss-reactive ketones (excluding diaryl/α,β-unsaturated/α-hetero) is 1. The molecule has 45 heavy (non-hydrogen) atoms. The molecule has 1 aromatic rings. The first-order valence-corrected chi connectivity index (χ1v) is 16.4. The molecule has 0 radical (unpaired) electrons. The molecule has 4 N–H and O–H groups in total. The quantitative estimate of drug-likeness (QED) is 0.115. The van der Waals surface area contributed by atoms with Gasteiger partial charge in [-0.3, -0.25) is 24.0 Å². The molecule has 1 fully saturated rings. The van der Waals surface area contributed by atoms with Gasteiger partial charge in [0.2, 0.25) is 23.6 Å². The van der Waals surface area contributed by atoms with Crippen molar-refractivity contribution in [2.24, 2.45) is 11.8 Å². The van der Waals surface area contributed by atoms with Crippen molar-refractivity contribution in [3.63, 3.8) is 0 Å². The number of amides is 4. The van der Waals surface area contributed by atoms with Crippen molar-refractivity contribution in [2.75, 3.05) is 13.2 Å². The Balaban J connectivity index is 2.24. The van der Waals surface area contributed by atoms with Gasteiger partial charge in [0.1, 0.15) is 23.7 Å². The summed E-state index contributed by atoms with van der Waals surface area (Å²) in [6.07, 6.45) is 1.04. The van der Waals surface area contributed by atoms with Crippen molar-refractivity contribution in [3.05, 3.63) is 35.9 Å².